The summed E-state index contributed by atoms with van der Waals surface area (Å²) in [7, 11) is 0. The Morgan fingerprint density at radius 3 is 2.31 bits per heavy atom. The van der Waals surface area contributed by atoms with Crippen LogP contribution in [0.4, 0.5) is 17.6 Å². The molecular formula is C20H23F4N3O2. The maximum absolute atomic E-state index is 13.2. The zero-order valence-electron chi connectivity index (χ0n) is 15.8. The summed E-state index contributed by atoms with van der Waals surface area (Å²) in [6.45, 7) is -0.0512. The molecule has 2 aromatic rings. The molecule has 0 spiro atoms. The number of benzene rings is 2. The van der Waals surface area contributed by atoms with Crippen molar-refractivity contribution in [3.05, 3.63) is 65.2 Å². The summed E-state index contributed by atoms with van der Waals surface area (Å²) < 4.78 is 55.1. The molecule has 0 heterocycles. The minimum absolute atomic E-state index is 0.00300. The van der Waals surface area contributed by atoms with Gasteiger partial charge in [0.05, 0.1) is 12.6 Å². The van der Waals surface area contributed by atoms with Gasteiger partial charge in [-0.1, -0.05) is 12.1 Å². The highest BCUT2D eigenvalue weighted by Gasteiger charge is 2.10. The van der Waals surface area contributed by atoms with Gasteiger partial charge in [0.25, 0.3) is 0 Å². The number of alkyl halides is 2. The lowest BCUT2D eigenvalue weighted by molar-refractivity contribution is -0.0498. The Morgan fingerprint density at radius 2 is 1.72 bits per heavy atom. The van der Waals surface area contributed by atoms with Crippen LogP contribution in [0.25, 0.3) is 0 Å². The van der Waals surface area contributed by atoms with E-state index in [1.54, 1.807) is 0 Å². The number of nitrogens with one attached hydrogen (secondary N) is 2. The molecule has 0 saturated heterocycles. The first kappa shape index (κ1) is 22.5. The molecule has 0 bridgehead atoms. The molecule has 1 atom stereocenters. The third-order valence-electron chi connectivity index (χ3n) is 3.89. The van der Waals surface area contributed by atoms with Gasteiger partial charge in [0.2, 0.25) is 0 Å². The first-order chi connectivity index (χ1) is 13.9. The summed E-state index contributed by atoms with van der Waals surface area (Å²) >= 11 is 0. The lowest BCUT2D eigenvalue weighted by Gasteiger charge is -2.14. The van der Waals surface area contributed by atoms with Crippen molar-refractivity contribution in [3.8, 4) is 5.75 Å². The van der Waals surface area contributed by atoms with Crippen LogP contribution in [0.15, 0.2) is 47.5 Å². The van der Waals surface area contributed by atoms with Gasteiger partial charge >= 0.3 is 6.61 Å². The average molecular weight is 413 g/mol. The number of rotatable bonds is 9. The van der Waals surface area contributed by atoms with Crippen LogP contribution < -0.4 is 15.4 Å². The molecule has 1 unspecified atom stereocenters. The molecule has 29 heavy (non-hydrogen) atoms. The van der Waals surface area contributed by atoms with Crippen LogP contribution in [0, 0.1) is 11.6 Å². The molecule has 3 N–H and O–H groups in total. The Labute approximate surface area is 166 Å². The van der Waals surface area contributed by atoms with Crippen molar-refractivity contribution >= 4 is 5.96 Å². The van der Waals surface area contributed by atoms with E-state index < -0.39 is 24.3 Å². The summed E-state index contributed by atoms with van der Waals surface area (Å²) in [4.78, 5) is 4.27. The molecule has 5 nitrogen and oxygen atoms in total. The topological polar surface area (TPSA) is 65.9 Å². The van der Waals surface area contributed by atoms with Gasteiger partial charge in [-0.05, 0) is 48.7 Å². The van der Waals surface area contributed by atoms with E-state index in [-0.39, 0.29) is 12.3 Å². The maximum Gasteiger partial charge on any atom is 0.387 e. The Balaban J connectivity index is 1.90. The largest absolute Gasteiger partial charge is 0.435 e. The van der Waals surface area contributed by atoms with Crippen molar-refractivity contribution in [1.29, 1.82) is 0 Å². The number of guanidine groups is 1. The SMILES string of the molecule is CCNC(=NCC(O)c1ccc(OC(F)F)cc1)NCCc1cc(F)cc(F)c1. The number of halogens is 4. The van der Waals surface area contributed by atoms with Crippen LogP contribution >= 0.6 is 0 Å². The Hall–Kier alpha value is -2.81. The number of nitrogens with zero attached hydrogens (tertiary/aromatic N) is 1. The molecule has 0 aliphatic heterocycles. The second-order valence-corrected chi connectivity index (χ2v) is 6.14. The third-order valence-corrected chi connectivity index (χ3v) is 3.89. The zero-order valence-corrected chi connectivity index (χ0v) is 15.8. The predicted octanol–water partition coefficient (Wildman–Crippen LogP) is 3.40. The highest BCUT2D eigenvalue weighted by atomic mass is 19.3. The van der Waals surface area contributed by atoms with E-state index in [4.69, 9.17) is 0 Å². The molecule has 2 rings (SSSR count). The van der Waals surface area contributed by atoms with Crippen LogP contribution in [0.2, 0.25) is 0 Å². The molecule has 0 aliphatic rings. The molecule has 0 aromatic heterocycles. The number of hydrogen-bond acceptors (Lipinski definition) is 3. The number of aliphatic imine (C=N–C) groups is 1. The fourth-order valence-corrected chi connectivity index (χ4v) is 2.58. The van der Waals surface area contributed by atoms with E-state index in [9.17, 15) is 22.7 Å². The number of aliphatic hydroxyl groups excluding tert-OH is 1. The van der Waals surface area contributed by atoms with E-state index >= 15 is 0 Å². The van der Waals surface area contributed by atoms with Gasteiger partial charge in [-0.3, -0.25) is 4.99 Å². The van der Waals surface area contributed by atoms with Crippen molar-refractivity contribution in [2.24, 2.45) is 4.99 Å². The van der Waals surface area contributed by atoms with E-state index in [0.717, 1.165) is 6.07 Å². The van der Waals surface area contributed by atoms with Crippen LogP contribution in [0.3, 0.4) is 0 Å². The Kier molecular flexibility index (Phi) is 8.72. The van der Waals surface area contributed by atoms with Crippen molar-refractivity contribution in [2.75, 3.05) is 19.6 Å². The highest BCUT2D eigenvalue weighted by Crippen LogP contribution is 2.19. The van der Waals surface area contributed by atoms with Crippen molar-refractivity contribution in [1.82, 2.24) is 10.6 Å². The van der Waals surface area contributed by atoms with Crippen LogP contribution in [-0.2, 0) is 6.42 Å². The Bertz CT molecular complexity index is 781. The van der Waals surface area contributed by atoms with Crippen molar-refractivity contribution in [2.45, 2.75) is 26.1 Å². The summed E-state index contributed by atoms with van der Waals surface area (Å²) in [5, 5.41) is 16.3. The van der Waals surface area contributed by atoms with Crippen LogP contribution in [-0.4, -0.2) is 37.3 Å². The second-order valence-electron chi connectivity index (χ2n) is 6.14. The van der Waals surface area contributed by atoms with Gasteiger partial charge in [-0.2, -0.15) is 8.78 Å². The summed E-state index contributed by atoms with van der Waals surface area (Å²) in [5.41, 5.74) is 1.01. The van der Waals surface area contributed by atoms with Gasteiger partial charge < -0.3 is 20.5 Å². The van der Waals surface area contributed by atoms with E-state index in [2.05, 4.69) is 20.4 Å². The lowest BCUT2D eigenvalue weighted by atomic mass is 10.1. The van der Waals surface area contributed by atoms with Crippen LogP contribution in [0.1, 0.15) is 24.2 Å². The summed E-state index contributed by atoms with van der Waals surface area (Å²) in [5.74, 6) is -0.827. The third kappa shape index (κ3) is 7.98. The molecule has 0 fully saturated rings. The molecule has 158 valence electrons. The molecular weight excluding hydrogens is 390 g/mol. The maximum atomic E-state index is 13.2. The highest BCUT2D eigenvalue weighted by molar-refractivity contribution is 5.79. The minimum Gasteiger partial charge on any atom is -0.435 e. The first-order valence-corrected chi connectivity index (χ1v) is 9.07. The monoisotopic (exact) mass is 413 g/mol. The van der Waals surface area contributed by atoms with Crippen LogP contribution in [0.5, 0.6) is 5.75 Å². The average Bonchev–Trinajstić information content (AvgIpc) is 2.65. The normalized spacial score (nSPS) is 12.7. The quantitative estimate of drug-likeness (QED) is 0.335. The first-order valence-electron chi connectivity index (χ1n) is 9.07. The van der Waals surface area contributed by atoms with E-state index in [0.29, 0.717) is 36.6 Å². The predicted molar refractivity (Wildman–Crippen MR) is 102 cm³/mol. The minimum atomic E-state index is -2.91. The second kappa shape index (κ2) is 11.3. The summed E-state index contributed by atoms with van der Waals surface area (Å²) in [6, 6.07) is 9.00. The molecule has 0 saturated carbocycles. The number of hydrogen-bond donors (Lipinski definition) is 3. The summed E-state index contributed by atoms with van der Waals surface area (Å²) in [6.07, 6.45) is -0.559. The molecule has 0 amide bonds. The van der Waals surface area contributed by atoms with Crippen molar-refractivity contribution < 1.29 is 27.4 Å². The molecule has 9 heteroatoms. The van der Waals surface area contributed by atoms with Gasteiger partial charge in [0.15, 0.2) is 5.96 Å². The Morgan fingerprint density at radius 1 is 1.07 bits per heavy atom. The number of aliphatic hydroxyl groups is 1. The van der Waals surface area contributed by atoms with E-state index in [1.807, 2.05) is 6.92 Å². The molecule has 0 aliphatic carbocycles. The number of ether oxygens (including phenoxy) is 1. The standard InChI is InChI=1S/C20H23F4N3O2/c1-2-25-20(26-8-7-13-9-15(21)11-16(22)10-13)27-12-18(28)14-3-5-17(6-4-14)29-19(23)24/h3-6,9-11,18-19,28H,2,7-8,12H2,1H3,(H2,25,26,27). The molecule has 0 radical (unpaired) electrons. The van der Waals surface area contributed by atoms with Gasteiger partial charge in [-0.15, -0.1) is 0 Å². The smallest absolute Gasteiger partial charge is 0.387 e. The lowest BCUT2D eigenvalue weighted by Crippen LogP contribution is -2.38. The fourth-order valence-electron chi connectivity index (χ4n) is 2.58. The van der Waals surface area contributed by atoms with Gasteiger partial charge in [-0.25, -0.2) is 8.78 Å². The van der Waals surface area contributed by atoms with Gasteiger partial charge in [0, 0.05) is 19.2 Å². The fraction of sp³-hybridized carbons (Fsp3) is 0.350. The zero-order chi connectivity index (χ0) is 21.2. The van der Waals surface area contributed by atoms with E-state index in [1.165, 1.54) is 36.4 Å². The molecule has 2 aromatic carbocycles. The van der Waals surface area contributed by atoms with Crippen molar-refractivity contribution in [3.63, 3.8) is 0 Å². The van der Waals surface area contributed by atoms with Gasteiger partial charge in [0.1, 0.15) is 17.4 Å².